The molecule has 14 heavy (non-hydrogen) atoms. The van der Waals surface area contributed by atoms with E-state index in [9.17, 15) is 5.11 Å². The summed E-state index contributed by atoms with van der Waals surface area (Å²) in [4.78, 5) is 1.99. The van der Waals surface area contributed by atoms with Crippen LogP contribution in [0.4, 0.5) is 5.69 Å². The fourth-order valence-corrected chi connectivity index (χ4v) is 1.20. The highest BCUT2D eigenvalue weighted by molar-refractivity contribution is 5.46. The van der Waals surface area contributed by atoms with Gasteiger partial charge in [0.1, 0.15) is 0 Å². The Morgan fingerprint density at radius 2 is 1.86 bits per heavy atom. The monoisotopic (exact) mass is 196 g/mol. The molecular formula is C10H16N2O2. The number of aliphatic hydroxyl groups excluding tert-OH is 1. The third-order valence-electron chi connectivity index (χ3n) is 2.08. The van der Waals surface area contributed by atoms with Crippen molar-refractivity contribution in [1.29, 1.82) is 0 Å². The van der Waals surface area contributed by atoms with Crippen molar-refractivity contribution in [2.24, 2.45) is 0 Å². The number of benzene rings is 1. The summed E-state index contributed by atoms with van der Waals surface area (Å²) in [7, 11) is 3.92. The second kappa shape index (κ2) is 4.95. The fourth-order valence-electron chi connectivity index (χ4n) is 1.20. The second-order valence-corrected chi connectivity index (χ2v) is 3.36. The van der Waals surface area contributed by atoms with Gasteiger partial charge < -0.3 is 15.2 Å². The van der Waals surface area contributed by atoms with Gasteiger partial charge in [0.2, 0.25) is 0 Å². The van der Waals surface area contributed by atoms with Crippen LogP contribution in [0, 0.1) is 0 Å². The van der Waals surface area contributed by atoms with Gasteiger partial charge in [-0.05, 0) is 17.7 Å². The van der Waals surface area contributed by atoms with Crippen LogP contribution in [0.5, 0.6) is 0 Å². The summed E-state index contributed by atoms with van der Waals surface area (Å²) < 4.78 is 0. The molecule has 0 saturated heterocycles. The number of hydrogen-bond acceptors (Lipinski definition) is 4. The van der Waals surface area contributed by atoms with Gasteiger partial charge in [0.05, 0.1) is 12.6 Å². The smallest absolute Gasteiger partial charge is 0.0937 e. The Morgan fingerprint density at radius 3 is 2.29 bits per heavy atom. The van der Waals surface area contributed by atoms with Gasteiger partial charge >= 0.3 is 0 Å². The van der Waals surface area contributed by atoms with Crippen LogP contribution in [0.1, 0.15) is 11.7 Å². The summed E-state index contributed by atoms with van der Waals surface area (Å²) in [6.07, 6.45) is -0.670. The molecule has 0 radical (unpaired) electrons. The molecule has 0 aliphatic rings. The number of anilines is 1. The normalized spacial score (nSPS) is 12.6. The maximum Gasteiger partial charge on any atom is 0.0937 e. The summed E-state index contributed by atoms with van der Waals surface area (Å²) in [5, 5.41) is 17.9. The van der Waals surface area contributed by atoms with E-state index < -0.39 is 6.10 Å². The van der Waals surface area contributed by atoms with Crippen molar-refractivity contribution in [1.82, 2.24) is 5.48 Å². The second-order valence-electron chi connectivity index (χ2n) is 3.36. The molecule has 0 bridgehead atoms. The summed E-state index contributed by atoms with van der Waals surface area (Å²) in [6, 6.07) is 7.54. The molecule has 1 aromatic rings. The van der Waals surface area contributed by atoms with Gasteiger partial charge in [0, 0.05) is 19.8 Å². The lowest BCUT2D eigenvalue weighted by Gasteiger charge is -2.14. The molecule has 1 aromatic carbocycles. The number of hydroxylamine groups is 1. The lowest BCUT2D eigenvalue weighted by atomic mass is 10.1. The van der Waals surface area contributed by atoms with Crippen molar-refractivity contribution in [2.75, 3.05) is 25.5 Å². The van der Waals surface area contributed by atoms with E-state index in [0.717, 1.165) is 11.3 Å². The van der Waals surface area contributed by atoms with Crippen LogP contribution in [0.25, 0.3) is 0 Å². The van der Waals surface area contributed by atoms with Crippen LogP contribution >= 0.6 is 0 Å². The van der Waals surface area contributed by atoms with E-state index in [1.165, 1.54) is 0 Å². The number of rotatable bonds is 4. The largest absolute Gasteiger partial charge is 0.387 e. The van der Waals surface area contributed by atoms with Crippen molar-refractivity contribution in [2.45, 2.75) is 6.10 Å². The zero-order chi connectivity index (χ0) is 10.6. The first kappa shape index (κ1) is 11.0. The predicted octanol–water partition coefficient (Wildman–Crippen LogP) is 0.765. The summed E-state index contributed by atoms with van der Waals surface area (Å²) in [5.41, 5.74) is 3.81. The molecule has 4 nitrogen and oxygen atoms in total. The Balaban J connectivity index is 2.72. The molecule has 0 saturated carbocycles. The lowest BCUT2D eigenvalue weighted by Crippen LogP contribution is -2.17. The molecule has 1 atom stereocenters. The predicted molar refractivity (Wildman–Crippen MR) is 55.5 cm³/mol. The third kappa shape index (κ3) is 2.70. The minimum Gasteiger partial charge on any atom is -0.387 e. The maximum atomic E-state index is 9.51. The van der Waals surface area contributed by atoms with Crippen LogP contribution in [0.15, 0.2) is 24.3 Å². The van der Waals surface area contributed by atoms with Gasteiger partial charge in [-0.1, -0.05) is 12.1 Å². The Kier molecular flexibility index (Phi) is 3.88. The van der Waals surface area contributed by atoms with E-state index in [-0.39, 0.29) is 6.54 Å². The van der Waals surface area contributed by atoms with Gasteiger partial charge in [0.25, 0.3) is 0 Å². The van der Waals surface area contributed by atoms with Crippen molar-refractivity contribution in [3.8, 4) is 0 Å². The first-order valence-corrected chi connectivity index (χ1v) is 4.47. The molecule has 0 aliphatic carbocycles. The molecule has 4 heteroatoms. The minimum atomic E-state index is -0.670. The van der Waals surface area contributed by atoms with E-state index in [1.54, 1.807) is 0 Å². The van der Waals surface area contributed by atoms with Crippen molar-refractivity contribution < 1.29 is 10.3 Å². The SMILES string of the molecule is CN(C)c1ccc(C(O)CNO)cc1. The Bertz CT molecular complexity index is 272. The van der Waals surface area contributed by atoms with Gasteiger partial charge in [-0.3, -0.25) is 0 Å². The van der Waals surface area contributed by atoms with Gasteiger partial charge in [0.15, 0.2) is 0 Å². The number of nitrogens with one attached hydrogen (secondary N) is 1. The topological polar surface area (TPSA) is 55.7 Å². The van der Waals surface area contributed by atoms with E-state index in [4.69, 9.17) is 5.21 Å². The quantitative estimate of drug-likeness (QED) is 0.622. The van der Waals surface area contributed by atoms with Crippen molar-refractivity contribution in [3.05, 3.63) is 29.8 Å². The van der Waals surface area contributed by atoms with Crippen LogP contribution in [0.3, 0.4) is 0 Å². The first-order chi connectivity index (χ1) is 6.65. The highest BCUT2D eigenvalue weighted by atomic mass is 16.5. The first-order valence-electron chi connectivity index (χ1n) is 4.47. The fraction of sp³-hybridized carbons (Fsp3) is 0.400. The molecule has 0 amide bonds. The Hall–Kier alpha value is -1.10. The van der Waals surface area contributed by atoms with E-state index in [2.05, 4.69) is 0 Å². The highest BCUT2D eigenvalue weighted by Gasteiger charge is 2.06. The third-order valence-corrected chi connectivity index (χ3v) is 2.08. The van der Waals surface area contributed by atoms with E-state index >= 15 is 0 Å². The van der Waals surface area contributed by atoms with Crippen LogP contribution in [-0.2, 0) is 0 Å². The molecule has 1 unspecified atom stereocenters. The summed E-state index contributed by atoms with van der Waals surface area (Å²) in [6.45, 7) is 0.140. The average molecular weight is 196 g/mol. The van der Waals surface area contributed by atoms with Crippen LogP contribution < -0.4 is 10.4 Å². The van der Waals surface area contributed by atoms with E-state index in [1.807, 2.05) is 48.7 Å². The molecule has 3 N–H and O–H groups in total. The summed E-state index contributed by atoms with van der Waals surface area (Å²) in [5.74, 6) is 0. The molecule has 0 heterocycles. The number of aliphatic hydroxyl groups is 1. The average Bonchev–Trinajstić information content (AvgIpc) is 2.18. The standard InChI is InChI=1S/C10H16N2O2/c1-12(2)9-5-3-8(4-6-9)10(13)7-11-14/h3-6,10-11,13-14H,7H2,1-2H3. The van der Waals surface area contributed by atoms with Crippen molar-refractivity contribution in [3.63, 3.8) is 0 Å². The van der Waals surface area contributed by atoms with Gasteiger partial charge in [-0.25, -0.2) is 5.48 Å². The van der Waals surface area contributed by atoms with Crippen LogP contribution in [-0.4, -0.2) is 31.0 Å². The molecule has 1 rings (SSSR count). The highest BCUT2D eigenvalue weighted by Crippen LogP contribution is 2.17. The Labute approximate surface area is 83.7 Å². The van der Waals surface area contributed by atoms with Crippen LogP contribution in [0.2, 0.25) is 0 Å². The van der Waals surface area contributed by atoms with Gasteiger partial charge in [-0.15, -0.1) is 0 Å². The number of nitrogens with zero attached hydrogens (tertiary/aromatic N) is 1. The molecule has 78 valence electrons. The lowest BCUT2D eigenvalue weighted by molar-refractivity contribution is 0.0921. The Morgan fingerprint density at radius 1 is 1.29 bits per heavy atom. The zero-order valence-corrected chi connectivity index (χ0v) is 8.44. The van der Waals surface area contributed by atoms with Crippen molar-refractivity contribution >= 4 is 5.69 Å². The molecule has 0 aliphatic heterocycles. The summed E-state index contributed by atoms with van der Waals surface area (Å²) >= 11 is 0. The number of hydrogen-bond donors (Lipinski definition) is 3. The molecular weight excluding hydrogens is 180 g/mol. The molecule has 0 aromatic heterocycles. The molecule has 0 fully saturated rings. The zero-order valence-electron chi connectivity index (χ0n) is 8.44. The maximum absolute atomic E-state index is 9.51. The minimum absolute atomic E-state index is 0.140. The van der Waals surface area contributed by atoms with Gasteiger partial charge in [-0.2, -0.15) is 0 Å². The molecule has 0 spiro atoms. The van der Waals surface area contributed by atoms with E-state index in [0.29, 0.717) is 0 Å².